The lowest BCUT2D eigenvalue weighted by atomic mass is 10.1. The van der Waals surface area contributed by atoms with Gasteiger partial charge in [0.15, 0.2) is 5.96 Å². The van der Waals surface area contributed by atoms with Crippen LogP contribution in [-0.4, -0.2) is 85.0 Å². The summed E-state index contributed by atoms with van der Waals surface area (Å²) < 4.78 is 0. The van der Waals surface area contributed by atoms with Crippen LogP contribution < -0.4 is 10.6 Å². The van der Waals surface area contributed by atoms with Gasteiger partial charge in [-0.25, -0.2) is 4.99 Å². The summed E-state index contributed by atoms with van der Waals surface area (Å²) in [6.45, 7) is 18.1. The third kappa shape index (κ3) is 7.20. The van der Waals surface area contributed by atoms with Crippen molar-refractivity contribution in [1.29, 1.82) is 0 Å². The number of hydrogen-bond acceptors (Lipinski definition) is 4. The van der Waals surface area contributed by atoms with Crippen LogP contribution in [0.1, 0.15) is 45.2 Å². The number of benzene rings is 1. The van der Waals surface area contributed by atoms with Crippen LogP contribution in [0, 0.1) is 5.92 Å². The molecule has 7 nitrogen and oxygen atoms in total. The smallest absolute Gasteiger partial charge is 0.225 e. The molecule has 0 radical (unpaired) electrons. The summed E-state index contributed by atoms with van der Waals surface area (Å²) in [5.41, 5.74) is 2.58. The number of amides is 1. The molecule has 2 heterocycles. The molecule has 2 saturated heterocycles. The Morgan fingerprint density at radius 1 is 1.03 bits per heavy atom. The summed E-state index contributed by atoms with van der Waals surface area (Å²) >= 11 is 0. The van der Waals surface area contributed by atoms with Crippen LogP contribution in [-0.2, 0) is 17.9 Å². The minimum atomic E-state index is 0.0552. The fourth-order valence-corrected chi connectivity index (χ4v) is 4.40. The highest BCUT2D eigenvalue weighted by molar-refractivity contribution is 5.81. The molecule has 1 atom stereocenters. The van der Waals surface area contributed by atoms with Crippen molar-refractivity contribution >= 4 is 11.9 Å². The fourth-order valence-electron chi connectivity index (χ4n) is 4.40. The standard InChI is InChI=1S/C25H42N6O/c1-5-26-25(28-23-11-12-31(19-23)24(32)20(3)4)27-17-21-7-9-22(10-8-21)18-30-15-13-29(6-2)14-16-30/h7-10,20,23H,5-6,11-19H2,1-4H3,(H2,26,27,28). The molecule has 2 aliphatic heterocycles. The first-order chi connectivity index (χ1) is 15.5. The van der Waals surface area contributed by atoms with E-state index in [0.29, 0.717) is 6.54 Å². The topological polar surface area (TPSA) is 63.2 Å². The second-order valence-electron chi connectivity index (χ2n) is 9.29. The first-order valence-corrected chi connectivity index (χ1v) is 12.3. The van der Waals surface area contributed by atoms with Crippen molar-refractivity contribution in [1.82, 2.24) is 25.3 Å². The number of hydrogen-bond donors (Lipinski definition) is 2. The highest BCUT2D eigenvalue weighted by Crippen LogP contribution is 2.13. The minimum absolute atomic E-state index is 0.0552. The van der Waals surface area contributed by atoms with Crippen LogP contribution in [0.4, 0.5) is 0 Å². The molecule has 1 aromatic carbocycles. The maximum absolute atomic E-state index is 12.2. The number of rotatable bonds is 8. The maximum Gasteiger partial charge on any atom is 0.225 e. The number of likely N-dealkylation sites (tertiary alicyclic amines) is 1. The lowest BCUT2D eigenvalue weighted by Gasteiger charge is -2.34. The molecule has 3 rings (SSSR count). The molecule has 32 heavy (non-hydrogen) atoms. The molecule has 1 aromatic rings. The summed E-state index contributed by atoms with van der Waals surface area (Å²) in [5.74, 6) is 1.12. The van der Waals surface area contributed by atoms with E-state index in [1.54, 1.807) is 0 Å². The van der Waals surface area contributed by atoms with E-state index >= 15 is 0 Å². The van der Waals surface area contributed by atoms with Crippen molar-refractivity contribution in [3.05, 3.63) is 35.4 Å². The molecule has 2 fully saturated rings. The zero-order valence-electron chi connectivity index (χ0n) is 20.4. The number of carbonyl (C=O) groups excluding carboxylic acids is 1. The molecule has 0 bridgehead atoms. The molecule has 2 aliphatic rings. The molecule has 0 saturated carbocycles. The quantitative estimate of drug-likeness (QED) is 0.477. The summed E-state index contributed by atoms with van der Waals surface area (Å²) in [6, 6.07) is 9.13. The molecular formula is C25H42N6O. The summed E-state index contributed by atoms with van der Waals surface area (Å²) in [4.78, 5) is 24.1. The Morgan fingerprint density at radius 3 is 2.31 bits per heavy atom. The molecule has 1 amide bonds. The van der Waals surface area contributed by atoms with Gasteiger partial charge in [0.1, 0.15) is 0 Å². The van der Waals surface area contributed by atoms with E-state index in [2.05, 4.69) is 58.5 Å². The maximum atomic E-state index is 12.2. The highest BCUT2D eigenvalue weighted by atomic mass is 16.2. The van der Waals surface area contributed by atoms with Gasteiger partial charge in [-0.15, -0.1) is 0 Å². The monoisotopic (exact) mass is 442 g/mol. The molecular weight excluding hydrogens is 400 g/mol. The van der Waals surface area contributed by atoms with Gasteiger partial charge in [0.05, 0.1) is 6.54 Å². The fraction of sp³-hybridized carbons (Fsp3) is 0.680. The van der Waals surface area contributed by atoms with Crippen molar-refractivity contribution < 1.29 is 4.79 Å². The predicted molar refractivity (Wildman–Crippen MR) is 132 cm³/mol. The molecule has 2 N–H and O–H groups in total. The Morgan fingerprint density at radius 2 is 1.69 bits per heavy atom. The van der Waals surface area contributed by atoms with Gasteiger partial charge >= 0.3 is 0 Å². The van der Waals surface area contributed by atoms with E-state index in [4.69, 9.17) is 4.99 Å². The van der Waals surface area contributed by atoms with Gasteiger partial charge < -0.3 is 20.4 Å². The van der Waals surface area contributed by atoms with E-state index in [0.717, 1.165) is 58.2 Å². The third-order valence-electron chi connectivity index (χ3n) is 6.44. The lowest BCUT2D eigenvalue weighted by Crippen LogP contribution is -2.45. The number of piperazine rings is 1. The van der Waals surface area contributed by atoms with Gasteiger partial charge in [-0.05, 0) is 31.0 Å². The second-order valence-corrected chi connectivity index (χ2v) is 9.29. The average Bonchev–Trinajstić information content (AvgIpc) is 3.27. The van der Waals surface area contributed by atoms with Crippen LogP contribution >= 0.6 is 0 Å². The SMILES string of the molecule is CCNC(=NCc1ccc(CN2CCN(CC)CC2)cc1)NC1CCN(C(=O)C(C)C)C1. The van der Waals surface area contributed by atoms with Crippen molar-refractivity contribution in [2.24, 2.45) is 10.9 Å². The summed E-state index contributed by atoms with van der Waals surface area (Å²) in [6.07, 6.45) is 0.962. The second kappa shape index (κ2) is 12.2. The third-order valence-corrected chi connectivity index (χ3v) is 6.44. The molecule has 0 aromatic heterocycles. The van der Waals surface area contributed by atoms with Crippen molar-refractivity contribution in [3.8, 4) is 0 Å². The van der Waals surface area contributed by atoms with E-state index in [-0.39, 0.29) is 17.9 Å². The number of nitrogens with one attached hydrogen (secondary N) is 2. The van der Waals surface area contributed by atoms with E-state index in [1.807, 2.05) is 18.7 Å². The Balaban J connectivity index is 1.49. The van der Waals surface area contributed by atoms with E-state index in [9.17, 15) is 4.79 Å². The van der Waals surface area contributed by atoms with Crippen molar-refractivity contribution in [3.63, 3.8) is 0 Å². The van der Waals surface area contributed by atoms with Crippen molar-refractivity contribution in [2.75, 3.05) is 52.4 Å². The van der Waals surface area contributed by atoms with E-state index in [1.165, 1.54) is 24.2 Å². The van der Waals surface area contributed by atoms with Gasteiger partial charge in [0, 0.05) is 64.3 Å². The minimum Gasteiger partial charge on any atom is -0.357 e. The van der Waals surface area contributed by atoms with Crippen molar-refractivity contribution in [2.45, 2.75) is 53.2 Å². The number of likely N-dealkylation sites (N-methyl/N-ethyl adjacent to an activating group) is 1. The van der Waals surface area contributed by atoms with Gasteiger partial charge in [0.2, 0.25) is 5.91 Å². The number of guanidine groups is 1. The van der Waals surface area contributed by atoms with E-state index < -0.39 is 0 Å². The Hall–Kier alpha value is -2.12. The Kier molecular flexibility index (Phi) is 9.36. The summed E-state index contributed by atoms with van der Waals surface area (Å²) in [5, 5.41) is 6.86. The average molecular weight is 443 g/mol. The van der Waals surface area contributed by atoms with Gasteiger partial charge in [-0.1, -0.05) is 45.0 Å². The number of aliphatic imine (C=N–C) groups is 1. The zero-order chi connectivity index (χ0) is 22.9. The van der Waals surface area contributed by atoms with Gasteiger partial charge in [-0.3, -0.25) is 9.69 Å². The molecule has 0 spiro atoms. The Labute approximate surface area is 194 Å². The summed E-state index contributed by atoms with van der Waals surface area (Å²) in [7, 11) is 0. The molecule has 178 valence electrons. The number of nitrogens with zero attached hydrogens (tertiary/aromatic N) is 4. The van der Waals surface area contributed by atoms with Gasteiger partial charge in [0.25, 0.3) is 0 Å². The largest absolute Gasteiger partial charge is 0.357 e. The van der Waals surface area contributed by atoms with Crippen LogP contribution in [0.2, 0.25) is 0 Å². The first-order valence-electron chi connectivity index (χ1n) is 12.3. The first kappa shape index (κ1) is 24.5. The molecule has 7 heteroatoms. The zero-order valence-corrected chi connectivity index (χ0v) is 20.4. The molecule has 1 unspecified atom stereocenters. The van der Waals surface area contributed by atoms with Crippen LogP contribution in [0.3, 0.4) is 0 Å². The lowest BCUT2D eigenvalue weighted by molar-refractivity contribution is -0.133. The number of carbonyl (C=O) groups is 1. The van der Waals surface area contributed by atoms with Crippen LogP contribution in [0.15, 0.2) is 29.3 Å². The van der Waals surface area contributed by atoms with Crippen LogP contribution in [0.25, 0.3) is 0 Å². The van der Waals surface area contributed by atoms with Gasteiger partial charge in [-0.2, -0.15) is 0 Å². The highest BCUT2D eigenvalue weighted by Gasteiger charge is 2.27. The van der Waals surface area contributed by atoms with Crippen LogP contribution in [0.5, 0.6) is 0 Å². The Bertz CT molecular complexity index is 739. The predicted octanol–water partition coefficient (Wildman–Crippen LogP) is 2.14. The molecule has 0 aliphatic carbocycles. The normalized spacial score (nSPS) is 20.7.